The Morgan fingerprint density at radius 3 is 2.56 bits per heavy atom. The minimum atomic E-state index is -0.446. The fourth-order valence-electron chi connectivity index (χ4n) is 2.22. The van der Waals surface area contributed by atoms with Crippen molar-refractivity contribution in [2.45, 2.75) is 24.3 Å². The number of thioether (sulfide) groups is 1. The Morgan fingerprint density at radius 2 is 1.89 bits per heavy atom. The van der Waals surface area contributed by atoms with E-state index in [0.717, 1.165) is 17.5 Å². The van der Waals surface area contributed by atoms with Gasteiger partial charge in [0.2, 0.25) is 11.8 Å². The Bertz CT molecular complexity index is 897. The number of benzene rings is 2. The molecule has 27 heavy (non-hydrogen) atoms. The maximum absolute atomic E-state index is 13.0. The number of carbonyl (C=O) groups is 1. The van der Waals surface area contributed by atoms with Crippen molar-refractivity contribution in [3.8, 4) is 17.2 Å². The number of hydrogen-bond acceptors (Lipinski definition) is 6. The van der Waals surface area contributed by atoms with Gasteiger partial charge >= 0.3 is 0 Å². The van der Waals surface area contributed by atoms with Crippen LogP contribution < -0.4 is 10.1 Å². The SMILES string of the molecule is CCOc1ccc(NC(=O)[C@H](C)Sc2nnc(-c3ccc(F)cc3)o2)cc1. The third-order valence-corrected chi connectivity index (χ3v) is 4.51. The summed E-state index contributed by atoms with van der Waals surface area (Å²) < 4.78 is 23.9. The Balaban J connectivity index is 1.58. The summed E-state index contributed by atoms with van der Waals surface area (Å²) in [4.78, 5) is 12.3. The van der Waals surface area contributed by atoms with E-state index >= 15 is 0 Å². The number of anilines is 1. The molecule has 0 fully saturated rings. The zero-order valence-electron chi connectivity index (χ0n) is 14.8. The molecule has 1 heterocycles. The molecule has 0 bridgehead atoms. The van der Waals surface area contributed by atoms with Crippen molar-refractivity contribution in [3.63, 3.8) is 0 Å². The fourth-order valence-corrected chi connectivity index (χ4v) is 2.90. The van der Waals surface area contributed by atoms with Crippen molar-refractivity contribution >= 4 is 23.4 Å². The second kappa shape index (κ2) is 8.68. The van der Waals surface area contributed by atoms with E-state index in [9.17, 15) is 9.18 Å². The zero-order chi connectivity index (χ0) is 19.2. The Hall–Kier alpha value is -2.87. The molecule has 0 aliphatic carbocycles. The molecule has 140 valence electrons. The Kier molecular flexibility index (Phi) is 6.08. The number of aromatic nitrogens is 2. The molecule has 0 aliphatic heterocycles. The lowest BCUT2D eigenvalue weighted by Gasteiger charge is -2.10. The lowest BCUT2D eigenvalue weighted by Crippen LogP contribution is -2.22. The quantitative estimate of drug-likeness (QED) is 0.606. The fraction of sp³-hybridized carbons (Fsp3) is 0.211. The predicted octanol–water partition coefficient (Wildman–Crippen LogP) is 4.39. The normalized spacial score (nSPS) is 11.8. The highest BCUT2D eigenvalue weighted by atomic mass is 32.2. The van der Waals surface area contributed by atoms with E-state index in [0.29, 0.717) is 17.9 Å². The molecule has 0 spiro atoms. The number of nitrogens with one attached hydrogen (secondary N) is 1. The van der Waals surface area contributed by atoms with Crippen molar-refractivity contribution < 1.29 is 18.3 Å². The lowest BCUT2D eigenvalue weighted by atomic mass is 10.2. The maximum atomic E-state index is 13.0. The van der Waals surface area contributed by atoms with Crippen LogP contribution in [-0.4, -0.2) is 28.0 Å². The van der Waals surface area contributed by atoms with Crippen molar-refractivity contribution in [2.75, 3.05) is 11.9 Å². The molecule has 6 nitrogen and oxygen atoms in total. The Labute approximate surface area is 160 Å². The van der Waals surface area contributed by atoms with E-state index in [1.165, 1.54) is 12.1 Å². The monoisotopic (exact) mass is 387 g/mol. The first-order valence-corrected chi connectivity index (χ1v) is 9.23. The van der Waals surface area contributed by atoms with E-state index in [1.54, 1.807) is 43.3 Å². The highest BCUT2D eigenvalue weighted by molar-refractivity contribution is 8.00. The molecule has 2 aromatic carbocycles. The second-order valence-corrected chi connectivity index (χ2v) is 6.88. The summed E-state index contributed by atoms with van der Waals surface area (Å²) in [6.45, 7) is 4.24. The summed E-state index contributed by atoms with van der Waals surface area (Å²) in [6, 6.07) is 12.9. The van der Waals surface area contributed by atoms with E-state index in [4.69, 9.17) is 9.15 Å². The summed E-state index contributed by atoms with van der Waals surface area (Å²) in [5, 5.41) is 10.5. The predicted molar refractivity (Wildman–Crippen MR) is 101 cm³/mol. The molecule has 3 aromatic rings. The van der Waals surface area contributed by atoms with Gasteiger partial charge in [-0.2, -0.15) is 0 Å². The summed E-state index contributed by atoms with van der Waals surface area (Å²) >= 11 is 1.15. The van der Waals surface area contributed by atoms with Gasteiger partial charge in [-0.15, -0.1) is 10.2 Å². The number of nitrogens with zero attached hydrogens (tertiary/aromatic N) is 2. The van der Waals surface area contributed by atoms with Gasteiger partial charge < -0.3 is 14.5 Å². The zero-order valence-corrected chi connectivity index (χ0v) is 15.6. The van der Waals surface area contributed by atoms with E-state index in [-0.39, 0.29) is 22.8 Å². The van der Waals surface area contributed by atoms with Crippen molar-refractivity contribution in [1.29, 1.82) is 0 Å². The van der Waals surface area contributed by atoms with Gasteiger partial charge in [-0.05, 0) is 62.4 Å². The van der Waals surface area contributed by atoms with Crippen LogP contribution in [0.15, 0.2) is 58.2 Å². The minimum absolute atomic E-state index is 0.189. The smallest absolute Gasteiger partial charge is 0.277 e. The van der Waals surface area contributed by atoms with Gasteiger partial charge in [0.15, 0.2) is 0 Å². The average molecular weight is 387 g/mol. The number of carbonyl (C=O) groups excluding carboxylic acids is 1. The van der Waals surface area contributed by atoms with Crippen LogP contribution in [0.5, 0.6) is 5.75 Å². The van der Waals surface area contributed by atoms with Crippen LogP contribution in [0.2, 0.25) is 0 Å². The Morgan fingerprint density at radius 1 is 1.19 bits per heavy atom. The molecule has 3 rings (SSSR count). The molecule has 0 radical (unpaired) electrons. The van der Waals surface area contributed by atoms with Crippen LogP contribution in [0.1, 0.15) is 13.8 Å². The molecule has 0 saturated heterocycles. The molecular formula is C19H18FN3O3S. The standard InChI is InChI=1S/C19H18FN3O3S/c1-3-25-16-10-8-15(9-11-16)21-17(24)12(2)27-19-23-22-18(26-19)13-4-6-14(20)7-5-13/h4-12H,3H2,1-2H3,(H,21,24)/t12-/m0/s1. The molecule has 0 aliphatic rings. The number of rotatable bonds is 7. The number of ether oxygens (including phenoxy) is 1. The van der Waals surface area contributed by atoms with Crippen LogP contribution in [0.25, 0.3) is 11.5 Å². The molecule has 0 saturated carbocycles. The van der Waals surface area contributed by atoms with Gasteiger partial charge in [0.05, 0.1) is 11.9 Å². The average Bonchev–Trinajstić information content (AvgIpc) is 3.12. The molecule has 1 atom stereocenters. The van der Waals surface area contributed by atoms with Crippen LogP contribution in [0, 0.1) is 5.82 Å². The number of halogens is 1. The third kappa shape index (κ3) is 5.07. The maximum Gasteiger partial charge on any atom is 0.277 e. The van der Waals surface area contributed by atoms with Gasteiger partial charge in [0.25, 0.3) is 5.22 Å². The number of hydrogen-bond donors (Lipinski definition) is 1. The highest BCUT2D eigenvalue weighted by Gasteiger charge is 2.19. The van der Waals surface area contributed by atoms with Gasteiger partial charge in [0, 0.05) is 11.3 Å². The molecule has 1 N–H and O–H groups in total. The molecule has 1 amide bonds. The topological polar surface area (TPSA) is 77.2 Å². The first-order chi connectivity index (χ1) is 13.0. The van der Waals surface area contributed by atoms with Crippen molar-refractivity contribution in [3.05, 3.63) is 54.3 Å². The van der Waals surface area contributed by atoms with Gasteiger partial charge in [0.1, 0.15) is 11.6 Å². The lowest BCUT2D eigenvalue weighted by molar-refractivity contribution is -0.115. The molecule has 1 aromatic heterocycles. The summed E-state index contributed by atoms with van der Waals surface area (Å²) in [5.41, 5.74) is 1.29. The largest absolute Gasteiger partial charge is 0.494 e. The minimum Gasteiger partial charge on any atom is -0.494 e. The van der Waals surface area contributed by atoms with E-state index in [2.05, 4.69) is 15.5 Å². The molecular weight excluding hydrogens is 369 g/mol. The summed E-state index contributed by atoms with van der Waals surface area (Å²) in [5.74, 6) is 0.492. The number of amides is 1. The van der Waals surface area contributed by atoms with Crippen LogP contribution >= 0.6 is 11.8 Å². The van der Waals surface area contributed by atoms with Gasteiger partial charge in [-0.3, -0.25) is 4.79 Å². The van der Waals surface area contributed by atoms with Crippen LogP contribution in [0.4, 0.5) is 10.1 Å². The first-order valence-electron chi connectivity index (χ1n) is 8.35. The summed E-state index contributed by atoms with van der Waals surface area (Å²) in [6.07, 6.45) is 0. The first kappa shape index (κ1) is 18.9. The van der Waals surface area contributed by atoms with Gasteiger partial charge in [-0.1, -0.05) is 11.8 Å². The summed E-state index contributed by atoms with van der Waals surface area (Å²) in [7, 11) is 0. The van der Waals surface area contributed by atoms with E-state index in [1.807, 2.05) is 6.92 Å². The highest BCUT2D eigenvalue weighted by Crippen LogP contribution is 2.27. The van der Waals surface area contributed by atoms with Gasteiger partial charge in [-0.25, -0.2) is 4.39 Å². The van der Waals surface area contributed by atoms with Crippen molar-refractivity contribution in [1.82, 2.24) is 10.2 Å². The van der Waals surface area contributed by atoms with Crippen molar-refractivity contribution in [2.24, 2.45) is 0 Å². The molecule has 8 heteroatoms. The molecule has 0 unspecified atom stereocenters. The second-order valence-electron chi connectivity index (χ2n) is 5.59. The van der Waals surface area contributed by atoms with E-state index < -0.39 is 5.25 Å². The van der Waals surface area contributed by atoms with Crippen LogP contribution in [-0.2, 0) is 4.79 Å². The third-order valence-electron chi connectivity index (χ3n) is 3.58. The van der Waals surface area contributed by atoms with Crippen LogP contribution in [0.3, 0.4) is 0 Å².